The third kappa shape index (κ3) is 5.87. The molecule has 1 heterocycles. The van der Waals surface area contributed by atoms with Crippen molar-refractivity contribution in [2.75, 3.05) is 43.1 Å². The lowest BCUT2D eigenvalue weighted by Crippen LogP contribution is -2.32. The Morgan fingerprint density at radius 3 is 2.39 bits per heavy atom. The molecule has 0 aromatic heterocycles. The van der Waals surface area contributed by atoms with Gasteiger partial charge in [-0.05, 0) is 63.1 Å². The Hall–Kier alpha value is -3.29. The molecule has 2 aromatic carbocycles. The van der Waals surface area contributed by atoms with Crippen LogP contribution in [0.1, 0.15) is 37.0 Å². The Bertz CT molecular complexity index is 929. The van der Waals surface area contributed by atoms with Gasteiger partial charge in [-0.15, -0.1) is 0 Å². The molecule has 8 heteroatoms. The zero-order valence-corrected chi connectivity index (χ0v) is 17.9. The Kier molecular flexibility index (Phi) is 7.70. The van der Waals surface area contributed by atoms with E-state index in [2.05, 4.69) is 10.6 Å². The maximum Gasteiger partial charge on any atom is 0.251 e. The zero-order valence-electron chi connectivity index (χ0n) is 17.9. The van der Waals surface area contributed by atoms with E-state index in [9.17, 15) is 14.0 Å². The molecular formula is C23H28FN3O4. The summed E-state index contributed by atoms with van der Waals surface area (Å²) in [6.45, 7) is 6.04. The largest absolute Gasteiger partial charge is 0.490 e. The standard InChI is InChI=1S/C23H28FN3O4/c1-3-30-20-10-7-16(13-21(20)31-4-2)23(29)25-15-22(28)26-17-8-9-19(18(24)14-17)27-11-5-6-12-27/h7-10,13-14H,3-6,11-12,15H2,1-2H3,(H,25,29)(H,26,28). The number of benzene rings is 2. The first-order valence-electron chi connectivity index (χ1n) is 10.5. The first-order valence-corrected chi connectivity index (χ1v) is 10.5. The summed E-state index contributed by atoms with van der Waals surface area (Å²) in [5.41, 5.74) is 1.24. The van der Waals surface area contributed by atoms with Crippen molar-refractivity contribution in [2.45, 2.75) is 26.7 Å². The van der Waals surface area contributed by atoms with Gasteiger partial charge >= 0.3 is 0 Å². The third-order valence-corrected chi connectivity index (χ3v) is 4.89. The summed E-state index contributed by atoms with van der Waals surface area (Å²) in [7, 11) is 0. The van der Waals surface area contributed by atoms with Crippen molar-refractivity contribution >= 4 is 23.2 Å². The van der Waals surface area contributed by atoms with E-state index in [1.54, 1.807) is 30.3 Å². The number of carbonyl (C=O) groups excluding carboxylic acids is 2. The molecule has 0 bridgehead atoms. The van der Waals surface area contributed by atoms with Gasteiger partial charge in [-0.1, -0.05) is 0 Å². The minimum atomic E-state index is -0.447. The summed E-state index contributed by atoms with van der Waals surface area (Å²) >= 11 is 0. The van der Waals surface area contributed by atoms with Gasteiger partial charge in [0.1, 0.15) is 5.82 Å². The number of hydrogen-bond donors (Lipinski definition) is 2. The van der Waals surface area contributed by atoms with E-state index in [4.69, 9.17) is 9.47 Å². The van der Waals surface area contributed by atoms with Gasteiger partial charge in [-0.2, -0.15) is 0 Å². The number of rotatable bonds is 9. The molecule has 0 saturated carbocycles. The smallest absolute Gasteiger partial charge is 0.251 e. The molecule has 2 N–H and O–H groups in total. The lowest BCUT2D eigenvalue weighted by atomic mass is 10.2. The number of anilines is 2. The first kappa shape index (κ1) is 22.4. The van der Waals surface area contributed by atoms with E-state index < -0.39 is 11.8 Å². The Labute approximate surface area is 181 Å². The van der Waals surface area contributed by atoms with E-state index >= 15 is 0 Å². The maximum absolute atomic E-state index is 14.4. The van der Waals surface area contributed by atoms with Gasteiger partial charge in [0, 0.05) is 24.3 Å². The first-order chi connectivity index (χ1) is 15.0. The highest BCUT2D eigenvalue weighted by atomic mass is 19.1. The summed E-state index contributed by atoms with van der Waals surface area (Å²) in [6, 6.07) is 9.48. The number of nitrogens with one attached hydrogen (secondary N) is 2. The minimum Gasteiger partial charge on any atom is -0.490 e. The molecule has 0 radical (unpaired) electrons. The van der Waals surface area contributed by atoms with Crippen LogP contribution in [0, 0.1) is 5.82 Å². The van der Waals surface area contributed by atoms with Crippen LogP contribution in [0.25, 0.3) is 0 Å². The molecule has 2 amide bonds. The van der Waals surface area contributed by atoms with E-state index in [0.29, 0.717) is 41.7 Å². The van der Waals surface area contributed by atoms with Crippen LogP contribution in [-0.4, -0.2) is 44.7 Å². The Balaban J connectivity index is 1.56. The molecule has 3 rings (SSSR count). The Morgan fingerprint density at radius 1 is 1.00 bits per heavy atom. The van der Waals surface area contributed by atoms with Crippen molar-refractivity contribution in [1.82, 2.24) is 5.32 Å². The van der Waals surface area contributed by atoms with Crippen molar-refractivity contribution in [1.29, 1.82) is 0 Å². The highest BCUT2D eigenvalue weighted by Gasteiger charge is 2.17. The fourth-order valence-electron chi connectivity index (χ4n) is 3.46. The average Bonchev–Trinajstić information content (AvgIpc) is 3.28. The molecule has 1 aliphatic heterocycles. The van der Waals surface area contributed by atoms with Crippen LogP contribution in [0.4, 0.5) is 15.8 Å². The number of ether oxygens (including phenoxy) is 2. The summed E-state index contributed by atoms with van der Waals surface area (Å²) in [5, 5.41) is 5.17. The van der Waals surface area contributed by atoms with Crippen molar-refractivity contribution in [3.05, 3.63) is 47.8 Å². The molecule has 2 aromatic rings. The fourth-order valence-corrected chi connectivity index (χ4v) is 3.46. The minimum absolute atomic E-state index is 0.245. The van der Waals surface area contributed by atoms with E-state index in [0.717, 1.165) is 25.9 Å². The number of halogens is 1. The van der Waals surface area contributed by atoms with E-state index in [-0.39, 0.29) is 12.4 Å². The third-order valence-electron chi connectivity index (χ3n) is 4.89. The monoisotopic (exact) mass is 429 g/mol. The highest BCUT2D eigenvalue weighted by molar-refractivity contribution is 5.99. The molecule has 1 fully saturated rings. The molecule has 1 aliphatic rings. The molecular weight excluding hydrogens is 401 g/mol. The van der Waals surface area contributed by atoms with Crippen molar-refractivity contribution in [3.63, 3.8) is 0 Å². The number of hydrogen-bond acceptors (Lipinski definition) is 5. The van der Waals surface area contributed by atoms with Gasteiger partial charge in [-0.3, -0.25) is 9.59 Å². The van der Waals surface area contributed by atoms with Crippen molar-refractivity contribution < 1.29 is 23.5 Å². The van der Waals surface area contributed by atoms with Crippen LogP contribution in [0.3, 0.4) is 0 Å². The average molecular weight is 429 g/mol. The molecule has 0 aliphatic carbocycles. The van der Waals surface area contributed by atoms with Crippen LogP contribution in [0.5, 0.6) is 11.5 Å². The van der Waals surface area contributed by atoms with Gasteiger partial charge in [0.2, 0.25) is 5.91 Å². The SMILES string of the molecule is CCOc1ccc(C(=O)NCC(=O)Nc2ccc(N3CCCC3)c(F)c2)cc1OCC. The van der Waals surface area contributed by atoms with Crippen LogP contribution in [-0.2, 0) is 4.79 Å². The van der Waals surface area contributed by atoms with E-state index in [1.807, 2.05) is 18.7 Å². The highest BCUT2D eigenvalue weighted by Crippen LogP contribution is 2.28. The molecule has 0 atom stereocenters. The second-order valence-electron chi connectivity index (χ2n) is 7.12. The second-order valence-corrected chi connectivity index (χ2v) is 7.12. The van der Waals surface area contributed by atoms with Gasteiger partial charge < -0.3 is 25.0 Å². The van der Waals surface area contributed by atoms with Crippen molar-refractivity contribution in [2.24, 2.45) is 0 Å². The fraction of sp³-hybridized carbons (Fsp3) is 0.391. The van der Waals surface area contributed by atoms with Gasteiger partial charge in [0.05, 0.1) is 25.4 Å². The molecule has 0 spiro atoms. The summed E-state index contributed by atoms with van der Waals surface area (Å²) in [4.78, 5) is 26.6. The molecule has 31 heavy (non-hydrogen) atoms. The molecule has 7 nitrogen and oxygen atoms in total. The summed E-state index contributed by atoms with van der Waals surface area (Å²) in [6.07, 6.45) is 2.11. The number of carbonyl (C=O) groups is 2. The maximum atomic E-state index is 14.4. The Morgan fingerprint density at radius 2 is 1.71 bits per heavy atom. The van der Waals surface area contributed by atoms with Crippen LogP contribution >= 0.6 is 0 Å². The number of nitrogens with zero attached hydrogens (tertiary/aromatic N) is 1. The van der Waals surface area contributed by atoms with Crippen LogP contribution < -0.4 is 25.0 Å². The second kappa shape index (κ2) is 10.7. The predicted octanol–water partition coefficient (Wildman–Crippen LogP) is 3.59. The van der Waals surface area contributed by atoms with Crippen molar-refractivity contribution in [3.8, 4) is 11.5 Å². The van der Waals surface area contributed by atoms with Crippen LogP contribution in [0.2, 0.25) is 0 Å². The van der Waals surface area contributed by atoms with Gasteiger partial charge in [0.25, 0.3) is 5.91 Å². The lowest BCUT2D eigenvalue weighted by Gasteiger charge is -2.19. The molecule has 166 valence electrons. The number of amides is 2. The summed E-state index contributed by atoms with van der Waals surface area (Å²) < 4.78 is 25.4. The van der Waals surface area contributed by atoms with E-state index in [1.165, 1.54) is 6.07 Å². The lowest BCUT2D eigenvalue weighted by molar-refractivity contribution is -0.115. The summed E-state index contributed by atoms with van der Waals surface area (Å²) in [5.74, 6) is -0.220. The predicted molar refractivity (Wildman–Crippen MR) is 118 cm³/mol. The quantitative estimate of drug-likeness (QED) is 0.637. The normalized spacial score (nSPS) is 13.1. The topological polar surface area (TPSA) is 79.9 Å². The molecule has 1 saturated heterocycles. The van der Waals surface area contributed by atoms with Crippen LogP contribution in [0.15, 0.2) is 36.4 Å². The zero-order chi connectivity index (χ0) is 22.2. The van der Waals surface area contributed by atoms with Gasteiger partial charge in [0.15, 0.2) is 11.5 Å². The van der Waals surface area contributed by atoms with Gasteiger partial charge in [-0.25, -0.2) is 4.39 Å². The molecule has 0 unspecified atom stereocenters.